The van der Waals surface area contributed by atoms with Crippen LogP contribution in [0.2, 0.25) is 0 Å². The Balaban J connectivity index is 2.20. The summed E-state index contributed by atoms with van der Waals surface area (Å²) in [6.45, 7) is -0.172. The summed E-state index contributed by atoms with van der Waals surface area (Å²) >= 11 is 0. The van der Waals surface area contributed by atoms with Crippen LogP contribution in [0.1, 0.15) is 23.6 Å². The molecule has 1 amide bonds. The van der Waals surface area contributed by atoms with E-state index in [4.69, 9.17) is 9.84 Å². The van der Waals surface area contributed by atoms with E-state index in [2.05, 4.69) is 0 Å². The normalized spacial score (nSPS) is 18.3. The topological polar surface area (TPSA) is 104 Å². The second-order valence-electron chi connectivity index (χ2n) is 6.24. The van der Waals surface area contributed by atoms with Crippen LogP contribution < -0.4 is 4.74 Å². The van der Waals surface area contributed by atoms with E-state index in [0.717, 1.165) is 0 Å². The molecule has 1 aliphatic rings. The predicted octanol–water partition coefficient (Wildman–Crippen LogP) is 2.59. The molecule has 0 radical (unpaired) electrons. The highest BCUT2D eigenvalue weighted by atomic mass is 16.5. The lowest BCUT2D eigenvalue weighted by atomic mass is 9.94. The molecule has 7 nitrogen and oxygen atoms in total. The zero-order chi connectivity index (χ0) is 20.3. The van der Waals surface area contributed by atoms with Crippen molar-refractivity contribution in [2.75, 3.05) is 13.7 Å². The van der Waals surface area contributed by atoms with E-state index < -0.39 is 23.7 Å². The summed E-state index contributed by atoms with van der Waals surface area (Å²) in [4.78, 5) is 37.6. The molecule has 28 heavy (non-hydrogen) atoms. The van der Waals surface area contributed by atoms with Crippen molar-refractivity contribution in [3.8, 4) is 5.75 Å². The van der Waals surface area contributed by atoms with E-state index in [1.165, 1.54) is 12.0 Å². The van der Waals surface area contributed by atoms with Crippen LogP contribution in [0.3, 0.4) is 0 Å². The first-order valence-corrected chi connectivity index (χ1v) is 8.64. The highest BCUT2D eigenvalue weighted by Crippen LogP contribution is 2.42. The first-order chi connectivity index (χ1) is 13.5. The number of hydrogen-bond donors (Lipinski definition) is 2. The third kappa shape index (κ3) is 3.46. The average Bonchev–Trinajstić information content (AvgIpc) is 2.96. The number of carboxylic acid groups (broad SMARTS) is 1. The molecule has 7 heteroatoms. The van der Waals surface area contributed by atoms with Crippen LogP contribution in [0.15, 0.2) is 60.2 Å². The molecule has 1 atom stereocenters. The van der Waals surface area contributed by atoms with Crippen molar-refractivity contribution in [1.29, 1.82) is 0 Å². The zero-order valence-electron chi connectivity index (χ0n) is 15.2. The number of methoxy groups -OCH3 is 1. The number of Topliss-reactive ketones (excluding diaryl/α,β-unsaturated/α-hetero) is 1. The van der Waals surface area contributed by atoms with Gasteiger partial charge in [-0.25, -0.2) is 0 Å². The fourth-order valence-corrected chi connectivity index (χ4v) is 3.29. The minimum Gasteiger partial charge on any atom is -0.507 e. The van der Waals surface area contributed by atoms with E-state index in [1.54, 1.807) is 54.6 Å². The molecule has 0 bridgehead atoms. The molecule has 1 aliphatic heterocycles. The van der Waals surface area contributed by atoms with E-state index in [1.807, 2.05) is 0 Å². The lowest BCUT2D eigenvalue weighted by Gasteiger charge is -2.26. The summed E-state index contributed by atoms with van der Waals surface area (Å²) in [5.74, 6) is -2.69. The maximum Gasteiger partial charge on any atom is 0.305 e. The maximum atomic E-state index is 12.8. The zero-order valence-corrected chi connectivity index (χ0v) is 15.2. The SMILES string of the molecule is COc1ccccc1C1C(=C(O)c2ccccc2)C(=O)C(=O)N1CCC(=O)O. The van der Waals surface area contributed by atoms with Gasteiger partial charge in [-0.1, -0.05) is 48.5 Å². The van der Waals surface area contributed by atoms with E-state index in [-0.39, 0.29) is 24.3 Å². The molecule has 1 fully saturated rings. The van der Waals surface area contributed by atoms with Gasteiger partial charge in [0.2, 0.25) is 0 Å². The van der Waals surface area contributed by atoms with Gasteiger partial charge in [0.1, 0.15) is 11.5 Å². The van der Waals surface area contributed by atoms with Crippen molar-refractivity contribution >= 4 is 23.4 Å². The van der Waals surface area contributed by atoms with Gasteiger partial charge in [0, 0.05) is 17.7 Å². The Hall–Kier alpha value is -3.61. The Morgan fingerprint density at radius 1 is 1.04 bits per heavy atom. The number of rotatable bonds is 6. The van der Waals surface area contributed by atoms with E-state index >= 15 is 0 Å². The number of benzene rings is 2. The fourth-order valence-electron chi connectivity index (χ4n) is 3.29. The number of ether oxygens (including phenoxy) is 1. The Kier molecular flexibility index (Phi) is 5.44. The number of nitrogens with zero attached hydrogens (tertiary/aromatic N) is 1. The summed E-state index contributed by atoms with van der Waals surface area (Å²) in [6.07, 6.45) is -0.329. The van der Waals surface area contributed by atoms with Crippen LogP contribution in [-0.2, 0) is 14.4 Å². The molecule has 1 saturated heterocycles. The van der Waals surface area contributed by atoms with Crippen molar-refractivity contribution in [3.05, 3.63) is 71.3 Å². The number of amides is 1. The highest BCUT2D eigenvalue weighted by molar-refractivity contribution is 6.46. The second kappa shape index (κ2) is 7.96. The molecular weight excluding hydrogens is 362 g/mol. The first kappa shape index (κ1) is 19.2. The third-order valence-electron chi connectivity index (χ3n) is 4.59. The van der Waals surface area contributed by atoms with E-state index in [9.17, 15) is 19.5 Å². The Morgan fingerprint density at radius 3 is 2.32 bits per heavy atom. The minimum atomic E-state index is -1.09. The third-order valence-corrected chi connectivity index (χ3v) is 4.59. The lowest BCUT2D eigenvalue weighted by molar-refractivity contribution is -0.142. The quantitative estimate of drug-likeness (QED) is 0.453. The van der Waals surface area contributed by atoms with Gasteiger partial charge >= 0.3 is 5.97 Å². The molecule has 2 aromatic carbocycles. The molecule has 0 saturated carbocycles. The number of carbonyl (C=O) groups excluding carboxylic acids is 2. The number of ketones is 1. The highest BCUT2D eigenvalue weighted by Gasteiger charge is 2.46. The molecule has 0 aliphatic carbocycles. The lowest BCUT2D eigenvalue weighted by Crippen LogP contribution is -2.32. The molecule has 0 spiro atoms. The second-order valence-corrected chi connectivity index (χ2v) is 6.24. The molecular formula is C21H19NO6. The standard InChI is InChI=1S/C21H19NO6/c1-28-15-10-6-5-9-14(15)18-17(19(25)13-7-3-2-4-8-13)20(26)21(27)22(18)12-11-16(23)24/h2-10,18,25H,11-12H2,1H3,(H,23,24). The number of aliphatic carboxylic acids is 1. The van der Waals surface area contributed by atoms with Crippen LogP contribution in [0, 0.1) is 0 Å². The summed E-state index contributed by atoms with van der Waals surface area (Å²) in [5.41, 5.74) is 0.789. The number of carboxylic acids is 1. The molecule has 2 N–H and O–H groups in total. The van der Waals surface area contributed by atoms with Crippen molar-refractivity contribution in [2.24, 2.45) is 0 Å². The number of carbonyl (C=O) groups is 3. The van der Waals surface area contributed by atoms with Crippen molar-refractivity contribution in [3.63, 3.8) is 0 Å². The van der Waals surface area contributed by atoms with Gasteiger partial charge < -0.3 is 19.8 Å². The predicted molar refractivity (Wildman–Crippen MR) is 101 cm³/mol. The number of hydrogen-bond acceptors (Lipinski definition) is 5. The van der Waals surface area contributed by atoms with Gasteiger partial charge in [0.05, 0.1) is 25.1 Å². The molecule has 0 aromatic heterocycles. The molecule has 3 rings (SSSR count). The summed E-state index contributed by atoms with van der Waals surface area (Å²) < 4.78 is 5.37. The largest absolute Gasteiger partial charge is 0.507 e. The Bertz CT molecular complexity index is 950. The maximum absolute atomic E-state index is 12.8. The summed E-state index contributed by atoms with van der Waals surface area (Å²) in [5, 5.41) is 19.8. The van der Waals surface area contributed by atoms with Gasteiger partial charge in [0.15, 0.2) is 0 Å². The van der Waals surface area contributed by atoms with Crippen molar-refractivity contribution in [2.45, 2.75) is 12.5 Å². The number of aliphatic hydroxyl groups excluding tert-OH is 1. The molecule has 2 aromatic rings. The van der Waals surface area contributed by atoms with Crippen LogP contribution >= 0.6 is 0 Å². The van der Waals surface area contributed by atoms with Gasteiger partial charge in [-0.3, -0.25) is 14.4 Å². The molecule has 1 heterocycles. The number of aliphatic hydroxyl groups is 1. The minimum absolute atomic E-state index is 0.0916. The number of likely N-dealkylation sites (tertiary alicyclic amines) is 1. The van der Waals surface area contributed by atoms with Crippen molar-refractivity contribution < 1.29 is 29.3 Å². The monoisotopic (exact) mass is 381 g/mol. The van der Waals surface area contributed by atoms with Gasteiger partial charge in [-0.15, -0.1) is 0 Å². The molecule has 144 valence electrons. The van der Waals surface area contributed by atoms with Gasteiger partial charge in [-0.2, -0.15) is 0 Å². The first-order valence-electron chi connectivity index (χ1n) is 8.64. The Labute approximate surface area is 161 Å². The summed E-state index contributed by atoms with van der Waals surface area (Å²) in [7, 11) is 1.46. The van der Waals surface area contributed by atoms with E-state index in [0.29, 0.717) is 16.9 Å². The van der Waals surface area contributed by atoms with Crippen LogP contribution in [-0.4, -0.2) is 46.4 Å². The average molecular weight is 381 g/mol. The fraction of sp³-hybridized carbons (Fsp3) is 0.190. The number of para-hydroxylation sites is 1. The van der Waals surface area contributed by atoms with Crippen molar-refractivity contribution in [1.82, 2.24) is 4.90 Å². The smallest absolute Gasteiger partial charge is 0.305 e. The van der Waals surface area contributed by atoms with Crippen LogP contribution in [0.25, 0.3) is 5.76 Å². The summed E-state index contributed by atoms with van der Waals surface area (Å²) in [6, 6.07) is 14.3. The Morgan fingerprint density at radius 2 is 1.68 bits per heavy atom. The van der Waals surface area contributed by atoms with Crippen LogP contribution in [0.4, 0.5) is 0 Å². The van der Waals surface area contributed by atoms with Crippen LogP contribution in [0.5, 0.6) is 5.75 Å². The molecule has 1 unspecified atom stereocenters. The van der Waals surface area contributed by atoms with Gasteiger partial charge in [-0.05, 0) is 6.07 Å². The van der Waals surface area contributed by atoms with Gasteiger partial charge in [0.25, 0.3) is 11.7 Å².